The second kappa shape index (κ2) is 9.37. The Hall–Kier alpha value is -0.668. The molecule has 0 bridgehead atoms. The molecule has 0 aliphatic carbocycles. The quantitative estimate of drug-likeness (QED) is 0.469. The zero-order chi connectivity index (χ0) is 11.3. The van der Waals surface area contributed by atoms with E-state index in [1.807, 2.05) is 12.1 Å². The molecule has 5 nitrogen and oxygen atoms in total. The summed E-state index contributed by atoms with van der Waals surface area (Å²) in [6.45, 7) is 1.47. The van der Waals surface area contributed by atoms with Gasteiger partial charge in [-0.25, -0.2) is 0 Å². The summed E-state index contributed by atoms with van der Waals surface area (Å²) >= 11 is 0. The Morgan fingerprint density at radius 3 is 2.35 bits per heavy atom. The summed E-state index contributed by atoms with van der Waals surface area (Å²) < 4.78 is 0. The topological polar surface area (TPSA) is 104 Å². The van der Waals surface area contributed by atoms with E-state index in [2.05, 4.69) is 5.32 Å². The van der Waals surface area contributed by atoms with E-state index in [1.165, 1.54) is 6.92 Å². The molecule has 0 saturated heterocycles. The van der Waals surface area contributed by atoms with Crippen molar-refractivity contribution in [3.05, 3.63) is 29.8 Å². The zero-order valence-electron chi connectivity index (χ0n) is 9.49. The van der Waals surface area contributed by atoms with Crippen LogP contribution in [0.4, 0.5) is 5.69 Å². The molecule has 0 heterocycles. The number of rotatable bonds is 5. The van der Waals surface area contributed by atoms with Crippen LogP contribution in [0.3, 0.4) is 0 Å². The Bertz CT molecular complexity index is 354. The van der Waals surface area contributed by atoms with Gasteiger partial charge in [-0.15, -0.1) is 17.8 Å². The number of hydrogen-bond donors (Lipinski definition) is 2. The minimum Gasteiger partial charge on any atom is -0.490 e. The SMILES string of the molecule is CC(=O)[C@@H](N)Cc1ccc(N[C-]=O)cc1.O.[U]. The van der Waals surface area contributed by atoms with Crippen molar-refractivity contribution in [3.63, 3.8) is 0 Å². The molecule has 17 heavy (non-hydrogen) atoms. The summed E-state index contributed by atoms with van der Waals surface area (Å²) in [6, 6.07) is 6.67. The Labute approximate surface area is 124 Å². The van der Waals surface area contributed by atoms with Gasteiger partial charge in [-0.05, 0) is 18.9 Å². The Balaban J connectivity index is 0. The van der Waals surface area contributed by atoms with E-state index in [-0.39, 0.29) is 42.4 Å². The van der Waals surface area contributed by atoms with Crippen LogP contribution in [0.15, 0.2) is 24.3 Å². The van der Waals surface area contributed by atoms with Crippen LogP contribution in [0.25, 0.3) is 0 Å². The van der Waals surface area contributed by atoms with Gasteiger partial charge in [0.2, 0.25) is 0 Å². The van der Waals surface area contributed by atoms with Gasteiger partial charge in [0.05, 0.1) is 12.5 Å². The van der Waals surface area contributed by atoms with Crippen molar-refractivity contribution in [1.29, 1.82) is 0 Å². The first-order chi connectivity index (χ1) is 7.13. The number of benzene rings is 1. The maximum atomic E-state index is 10.9. The third-order valence-corrected chi connectivity index (χ3v) is 2.13. The Morgan fingerprint density at radius 1 is 1.41 bits per heavy atom. The molecular weight excluding hydrogens is 446 g/mol. The largest absolute Gasteiger partial charge is 0.490 e. The summed E-state index contributed by atoms with van der Waals surface area (Å²) in [5.41, 5.74) is 7.26. The van der Waals surface area contributed by atoms with Crippen LogP contribution in [0, 0.1) is 31.1 Å². The van der Waals surface area contributed by atoms with Crippen molar-refractivity contribution >= 4 is 17.9 Å². The van der Waals surface area contributed by atoms with Gasteiger partial charge in [0.15, 0.2) is 0 Å². The summed E-state index contributed by atoms with van der Waals surface area (Å²) in [5, 5.41) is 2.41. The van der Waals surface area contributed by atoms with E-state index < -0.39 is 6.04 Å². The number of carbonyl (C=O) groups is 1. The molecule has 0 saturated carbocycles. The molecule has 0 aromatic heterocycles. The molecule has 1 amide bonds. The average molecular weight is 461 g/mol. The average Bonchev–Trinajstić information content (AvgIpc) is 2.21. The first-order valence-electron chi connectivity index (χ1n) is 4.61. The van der Waals surface area contributed by atoms with Crippen molar-refractivity contribution in [2.24, 2.45) is 5.73 Å². The molecule has 0 aliphatic rings. The van der Waals surface area contributed by atoms with Crippen LogP contribution in [0.1, 0.15) is 12.5 Å². The molecule has 1 atom stereocenters. The molecule has 0 radical (unpaired) electrons. The molecule has 5 N–H and O–H groups in total. The first kappa shape index (κ1) is 18.7. The summed E-state index contributed by atoms with van der Waals surface area (Å²) in [4.78, 5) is 21.0. The second-order valence-corrected chi connectivity index (χ2v) is 3.35. The maximum absolute atomic E-state index is 10.9. The summed E-state index contributed by atoms with van der Waals surface area (Å²) in [5.74, 6) is -0.0292. The molecule has 0 spiro atoms. The smallest absolute Gasteiger partial charge is 0.146 e. The zero-order valence-corrected chi connectivity index (χ0v) is 13.7. The van der Waals surface area contributed by atoms with Gasteiger partial charge in [-0.2, -0.15) is 0 Å². The number of hydrogen-bond acceptors (Lipinski definition) is 3. The predicted octanol–water partition coefficient (Wildman–Crippen LogP) is -0.200. The van der Waals surface area contributed by atoms with Crippen LogP contribution in [-0.2, 0) is 16.0 Å². The molecule has 0 fully saturated rings. The van der Waals surface area contributed by atoms with E-state index in [0.717, 1.165) is 5.56 Å². The van der Waals surface area contributed by atoms with Crippen LogP contribution in [0.2, 0.25) is 0 Å². The summed E-state index contributed by atoms with van der Waals surface area (Å²) in [6.07, 6.45) is 2.10. The first-order valence-corrected chi connectivity index (χ1v) is 4.61. The molecule has 0 aliphatic heterocycles. The number of nitrogens with two attached hydrogens (primary N) is 1. The van der Waals surface area contributed by atoms with Gasteiger partial charge in [0.1, 0.15) is 5.78 Å². The third-order valence-electron chi connectivity index (χ3n) is 2.13. The number of ketones is 1. The van der Waals surface area contributed by atoms with Crippen LogP contribution in [0.5, 0.6) is 0 Å². The number of nitrogens with one attached hydrogen (secondary N) is 1. The van der Waals surface area contributed by atoms with E-state index in [9.17, 15) is 9.59 Å². The molecule has 1 aromatic rings. The van der Waals surface area contributed by atoms with E-state index >= 15 is 0 Å². The van der Waals surface area contributed by atoms with Crippen LogP contribution in [-0.4, -0.2) is 23.7 Å². The van der Waals surface area contributed by atoms with Crippen molar-refractivity contribution < 1.29 is 46.2 Å². The van der Waals surface area contributed by atoms with Crippen molar-refractivity contribution in [3.8, 4) is 0 Å². The van der Waals surface area contributed by atoms with E-state index in [1.54, 1.807) is 18.5 Å². The standard InChI is InChI=1S/C11H13N2O2.H2O.U/c1-8(15)11(12)6-9-2-4-10(5-3-9)13-7-14;;/h2-5,11H,6,12H2,1H3,(H,13,14);1H2;/q-1;;/t11-;;/m0../s1. The van der Waals surface area contributed by atoms with Gasteiger partial charge >= 0.3 is 0 Å². The van der Waals surface area contributed by atoms with Gasteiger partial charge in [0, 0.05) is 31.1 Å². The fourth-order valence-electron chi connectivity index (χ4n) is 1.18. The molecule has 92 valence electrons. The second-order valence-electron chi connectivity index (χ2n) is 3.35. The van der Waals surface area contributed by atoms with Gasteiger partial charge in [0.25, 0.3) is 0 Å². The molecule has 1 aromatic carbocycles. The maximum Gasteiger partial charge on any atom is 0.146 e. The predicted molar refractivity (Wildman–Crippen MR) is 61.7 cm³/mol. The number of anilines is 1. The normalized spacial score (nSPS) is 10.5. The van der Waals surface area contributed by atoms with Crippen LogP contribution < -0.4 is 11.1 Å². The number of carbonyl (C=O) groups excluding carboxylic acids is 2. The minimum absolute atomic E-state index is 0. The van der Waals surface area contributed by atoms with Crippen LogP contribution >= 0.6 is 0 Å². The molecule has 0 unspecified atom stereocenters. The van der Waals surface area contributed by atoms with E-state index in [4.69, 9.17) is 5.73 Å². The number of amides is 1. The molecular formula is C11H15N2O3U-. The van der Waals surface area contributed by atoms with Crippen molar-refractivity contribution in [1.82, 2.24) is 0 Å². The third kappa shape index (κ3) is 6.59. The minimum atomic E-state index is -0.457. The van der Waals surface area contributed by atoms with Gasteiger partial charge in [-0.1, -0.05) is 12.1 Å². The number of Topliss-reactive ketones (excluding diaryl/α,β-unsaturated/α-hetero) is 1. The molecule has 6 heteroatoms. The molecule has 1 rings (SSSR count). The van der Waals surface area contributed by atoms with Gasteiger partial charge < -0.3 is 21.3 Å². The summed E-state index contributed by atoms with van der Waals surface area (Å²) in [7, 11) is 0. The monoisotopic (exact) mass is 461 g/mol. The fraction of sp³-hybridized carbons (Fsp3) is 0.273. The van der Waals surface area contributed by atoms with Gasteiger partial charge in [-0.3, -0.25) is 4.79 Å². The van der Waals surface area contributed by atoms with Crippen molar-refractivity contribution in [2.45, 2.75) is 19.4 Å². The fourth-order valence-corrected chi connectivity index (χ4v) is 1.18. The Kier molecular flexibility index (Phi) is 10.3. The Morgan fingerprint density at radius 2 is 1.94 bits per heavy atom. The van der Waals surface area contributed by atoms with E-state index in [0.29, 0.717) is 12.1 Å². The van der Waals surface area contributed by atoms with Crippen molar-refractivity contribution in [2.75, 3.05) is 5.32 Å².